The normalized spacial score (nSPS) is 12.6. The van der Waals surface area contributed by atoms with Gasteiger partial charge in [-0.05, 0) is 56.4 Å². The molecule has 0 bridgehead atoms. The number of rotatable bonds is 51. The van der Waals surface area contributed by atoms with E-state index in [1.807, 2.05) is 42.3 Å². The minimum absolute atomic E-state index is 0.0827. The van der Waals surface area contributed by atoms with Crippen molar-refractivity contribution in [2.45, 2.75) is 0 Å². The summed E-state index contributed by atoms with van der Waals surface area (Å²) >= 11 is 0. The largest absolute Gasteiger partial charge is 0.395 e. The van der Waals surface area contributed by atoms with Crippen LogP contribution in [0.4, 0.5) is 0 Å². The maximum atomic E-state index is 10.00. The molecule has 0 aliphatic carbocycles. The summed E-state index contributed by atoms with van der Waals surface area (Å²) in [6.07, 6.45) is 0. The van der Waals surface area contributed by atoms with E-state index in [1.54, 1.807) is 0 Å². The van der Waals surface area contributed by atoms with E-state index in [1.165, 1.54) is 0 Å². The Morgan fingerprint density at radius 3 is 0.386 bits per heavy atom. The molecule has 0 saturated carbocycles. The van der Waals surface area contributed by atoms with Crippen LogP contribution in [0, 0.1) is 0 Å². The van der Waals surface area contributed by atoms with E-state index in [9.17, 15) is 30.6 Å². The highest BCUT2D eigenvalue weighted by molar-refractivity contribution is 4.73. The molecule has 0 rings (SSSR count). The van der Waals surface area contributed by atoms with Gasteiger partial charge in [-0.1, -0.05) is 0 Å². The number of aliphatic hydroxyl groups excluding tert-OH is 9. The predicted octanol–water partition coefficient (Wildman–Crippen LogP) is -6.13. The molecular weight excluding hydrogens is 903 g/mol. The van der Waals surface area contributed by atoms with Crippen LogP contribution in [0.3, 0.4) is 0 Å². The molecule has 0 heterocycles. The van der Waals surface area contributed by atoms with E-state index in [2.05, 4.69) is 77.8 Å². The van der Waals surface area contributed by atoms with Crippen molar-refractivity contribution in [2.75, 3.05) is 319 Å². The van der Waals surface area contributed by atoms with Gasteiger partial charge in [0.2, 0.25) is 0 Å². The van der Waals surface area contributed by atoms with Crippen molar-refractivity contribution in [2.24, 2.45) is 0 Å². The third-order valence-electron chi connectivity index (χ3n) is 12.9. The summed E-state index contributed by atoms with van der Waals surface area (Å²) < 4.78 is 0. The topological polar surface area (TPSA) is 224 Å². The maximum Gasteiger partial charge on any atom is 0.0558 e. The number of hydrogen-bond donors (Lipinski definition) is 9. The monoisotopic (exact) mass is 1020 g/mol. The lowest BCUT2D eigenvalue weighted by molar-refractivity contribution is 0.117. The lowest BCUT2D eigenvalue weighted by Gasteiger charge is -2.33. The molecule has 0 saturated heterocycles. The van der Waals surface area contributed by atoms with Crippen molar-refractivity contribution in [1.29, 1.82) is 0 Å². The molecule has 22 nitrogen and oxygen atoms in total. The number of hydrogen-bond acceptors (Lipinski definition) is 22. The summed E-state index contributed by atoms with van der Waals surface area (Å²) in [5.41, 5.74) is 0. The van der Waals surface area contributed by atoms with E-state index < -0.39 is 0 Å². The molecule has 0 unspecified atom stereocenters. The van der Waals surface area contributed by atoms with Gasteiger partial charge in [-0.25, -0.2) is 0 Å². The minimum atomic E-state index is 0.0827. The van der Waals surface area contributed by atoms with Gasteiger partial charge < -0.3 is 85.2 Å². The minimum Gasteiger partial charge on any atom is -0.395 e. The Labute approximate surface area is 427 Å². The van der Waals surface area contributed by atoms with Gasteiger partial charge in [0.1, 0.15) is 0 Å². The summed E-state index contributed by atoms with van der Waals surface area (Å²) in [4.78, 5) is 29.2. The Morgan fingerprint density at radius 2 is 0.243 bits per heavy atom. The van der Waals surface area contributed by atoms with Crippen molar-refractivity contribution >= 4 is 0 Å². The zero-order valence-electron chi connectivity index (χ0n) is 46.1. The third-order valence-corrected chi connectivity index (χ3v) is 12.9. The van der Waals surface area contributed by atoms with E-state index in [0.717, 1.165) is 144 Å². The summed E-state index contributed by atoms with van der Waals surface area (Å²) in [5, 5.41) is 84.2. The molecule has 22 heteroatoms. The predicted molar refractivity (Wildman–Crippen MR) is 286 cm³/mol. The molecule has 0 aliphatic heterocycles. The second-order valence-corrected chi connectivity index (χ2v) is 19.1. The lowest BCUT2D eigenvalue weighted by Crippen LogP contribution is -2.47. The Balaban J connectivity index is 0. The van der Waals surface area contributed by atoms with Crippen molar-refractivity contribution < 1.29 is 46.0 Å². The highest BCUT2D eigenvalue weighted by Gasteiger charge is 2.16. The molecule has 0 radical (unpaired) electrons. The van der Waals surface area contributed by atoms with Gasteiger partial charge in [-0.3, -0.25) is 24.5 Å². The first kappa shape index (κ1) is 71.2. The van der Waals surface area contributed by atoms with Crippen LogP contribution in [0.15, 0.2) is 0 Å². The Morgan fingerprint density at radius 1 is 0.143 bits per heavy atom. The van der Waals surface area contributed by atoms with Crippen LogP contribution in [0.25, 0.3) is 0 Å². The van der Waals surface area contributed by atoms with Gasteiger partial charge in [0.15, 0.2) is 0 Å². The van der Waals surface area contributed by atoms with Crippen molar-refractivity contribution in [1.82, 2.24) is 63.7 Å². The molecular formula is C48H113N13O9. The van der Waals surface area contributed by atoms with Gasteiger partial charge in [0.05, 0.1) is 59.5 Å². The molecule has 424 valence electrons. The Bertz CT molecular complexity index is 1050. The summed E-state index contributed by atoms with van der Waals surface area (Å²) in [6.45, 7) is 26.3. The van der Waals surface area contributed by atoms with Gasteiger partial charge in [0.25, 0.3) is 0 Å². The second-order valence-electron chi connectivity index (χ2n) is 19.1. The van der Waals surface area contributed by atoms with E-state index in [-0.39, 0.29) is 59.5 Å². The molecule has 9 N–H and O–H groups in total. The summed E-state index contributed by atoms with van der Waals surface area (Å²) in [6, 6.07) is 0. The average Bonchev–Trinajstić information content (AvgIpc) is 3.32. The molecule has 0 spiro atoms. The lowest BCUT2D eigenvalue weighted by atomic mass is 10.3. The zero-order chi connectivity index (χ0) is 52.8. The van der Waals surface area contributed by atoms with Crippen LogP contribution < -0.4 is 0 Å². The molecule has 0 fully saturated rings. The van der Waals surface area contributed by atoms with Gasteiger partial charge in [0, 0.05) is 203 Å². The highest BCUT2D eigenvalue weighted by Crippen LogP contribution is 2.02. The SMILES string of the molecule is CN(CCO)CCN(C)CCN(CCO)CCN(C)CCN(CCO)CCN(CCO)CCN(CCN(C)CCO)CCN(CCN(C)CCO)CCN(C)CCO.CN(CCO)CCN(C)CCO. The van der Waals surface area contributed by atoms with Crippen molar-refractivity contribution in [3.63, 3.8) is 0 Å². The fourth-order valence-electron chi connectivity index (χ4n) is 7.42. The Kier molecular flexibility index (Phi) is 51.1. The Hall–Kier alpha value is -0.880. The zero-order valence-corrected chi connectivity index (χ0v) is 46.1. The van der Waals surface area contributed by atoms with Crippen LogP contribution in [0.2, 0.25) is 0 Å². The number of nitrogens with zero attached hydrogens (tertiary/aromatic N) is 13. The first-order chi connectivity index (χ1) is 33.6. The van der Waals surface area contributed by atoms with E-state index in [0.29, 0.717) is 58.9 Å². The quantitative estimate of drug-likeness (QED) is 0.0277. The maximum absolute atomic E-state index is 10.00. The average molecular weight is 1020 g/mol. The summed E-state index contributed by atoms with van der Waals surface area (Å²) in [7, 11) is 16.3. The smallest absolute Gasteiger partial charge is 0.0558 e. The van der Waals surface area contributed by atoms with Crippen LogP contribution in [-0.4, -0.2) is 428 Å². The van der Waals surface area contributed by atoms with Gasteiger partial charge >= 0.3 is 0 Å². The van der Waals surface area contributed by atoms with Crippen LogP contribution in [-0.2, 0) is 0 Å². The van der Waals surface area contributed by atoms with Crippen LogP contribution >= 0.6 is 0 Å². The molecule has 0 aromatic heterocycles. The standard InChI is InChI=1S/C40H93N11O7.C8H20N2O2/c1-41(7-8-43(3)27-34-52)9-18-49(31-38-56)19-10-42(2)11-20-50(32-39-57)25-26-51(33-40-58)24-23-48(17-14-46(6)30-37-55)22-21-47(15-12-44(4)28-35-53)16-13-45(5)29-36-54;1-9(5-7-11)3-4-10(2)6-8-12/h52-58H,7-40H2,1-6H3;11-12H,3-8H2,1-2H3. The van der Waals surface area contributed by atoms with Crippen molar-refractivity contribution in [3.8, 4) is 0 Å². The number of aliphatic hydroxyl groups is 9. The van der Waals surface area contributed by atoms with Crippen molar-refractivity contribution in [3.05, 3.63) is 0 Å². The molecule has 0 aromatic carbocycles. The second kappa shape index (κ2) is 50.3. The van der Waals surface area contributed by atoms with Gasteiger partial charge in [-0.2, -0.15) is 0 Å². The summed E-state index contributed by atoms with van der Waals surface area (Å²) in [5.74, 6) is 0. The van der Waals surface area contributed by atoms with Crippen LogP contribution in [0.1, 0.15) is 0 Å². The molecule has 0 aromatic rings. The molecule has 0 amide bonds. The molecule has 70 heavy (non-hydrogen) atoms. The first-order valence-corrected chi connectivity index (χ1v) is 26.2. The molecule has 0 atom stereocenters. The third kappa shape index (κ3) is 44.6. The fraction of sp³-hybridized carbons (Fsp3) is 1.00. The number of likely N-dealkylation sites (N-methyl/N-ethyl adjacent to an activating group) is 8. The van der Waals surface area contributed by atoms with Gasteiger partial charge in [-0.15, -0.1) is 0 Å². The first-order valence-electron chi connectivity index (χ1n) is 26.2. The fourth-order valence-corrected chi connectivity index (χ4v) is 7.42. The highest BCUT2D eigenvalue weighted by atomic mass is 16.3. The molecule has 0 aliphatic rings. The van der Waals surface area contributed by atoms with Crippen LogP contribution in [0.5, 0.6) is 0 Å². The van der Waals surface area contributed by atoms with E-state index >= 15 is 0 Å². The van der Waals surface area contributed by atoms with E-state index in [4.69, 9.17) is 15.3 Å².